The molecule has 0 amide bonds. The Balaban J connectivity index is 0.00000203. The molecule has 0 fully saturated rings. The van der Waals surface area contributed by atoms with E-state index in [1.165, 1.54) is 65.6 Å². The van der Waals surface area contributed by atoms with Crippen molar-refractivity contribution in [2.75, 3.05) is 9.80 Å². The Morgan fingerprint density at radius 1 is 0.481 bits per heavy atom. The van der Waals surface area contributed by atoms with Crippen LogP contribution in [0.1, 0.15) is 44.4 Å². The summed E-state index contributed by atoms with van der Waals surface area (Å²) in [5.74, 6) is 0. The second-order valence-corrected chi connectivity index (χ2v) is 16.1. The largest absolute Gasteiger partial charge is 0.310 e. The maximum absolute atomic E-state index is 2.47. The van der Waals surface area contributed by atoms with Gasteiger partial charge in [-0.2, -0.15) is 0 Å². The van der Waals surface area contributed by atoms with E-state index in [9.17, 15) is 0 Å². The van der Waals surface area contributed by atoms with Gasteiger partial charge in [0, 0.05) is 65.0 Å². The number of para-hydroxylation sites is 1. The molecular weight excluding hydrogens is 788 g/mol. The fourth-order valence-electron chi connectivity index (χ4n) is 8.05. The molecule has 4 heteroatoms. The van der Waals surface area contributed by atoms with Gasteiger partial charge in [-0.3, -0.25) is 0 Å². The number of benzene rings is 8. The molecule has 0 saturated carbocycles. The van der Waals surface area contributed by atoms with Gasteiger partial charge in [0.05, 0.1) is 11.4 Å². The van der Waals surface area contributed by atoms with E-state index in [1.807, 2.05) is 13.8 Å². The van der Waals surface area contributed by atoms with Gasteiger partial charge in [-0.25, -0.2) is 0 Å². The third-order valence-corrected chi connectivity index (χ3v) is 12.6. The summed E-state index contributed by atoms with van der Waals surface area (Å²) in [5.41, 5.74) is 13.3. The van der Waals surface area contributed by atoms with Crippen LogP contribution in [-0.2, 0) is 5.41 Å². The Morgan fingerprint density at radius 2 is 1.04 bits per heavy atom. The molecule has 0 heterocycles. The summed E-state index contributed by atoms with van der Waals surface area (Å²) in [6, 6.07) is 62.5. The summed E-state index contributed by atoms with van der Waals surface area (Å²) in [5, 5.41) is 4.98. The topological polar surface area (TPSA) is 6.48 Å². The Hall–Kier alpha value is -5.04. The van der Waals surface area contributed by atoms with Gasteiger partial charge in [0.25, 0.3) is 0 Å². The van der Waals surface area contributed by atoms with Crippen molar-refractivity contribution in [3.8, 4) is 11.1 Å². The molecule has 2 nitrogen and oxygen atoms in total. The van der Waals surface area contributed by atoms with Crippen LogP contribution in [-0.4, -0.2) is 0 Å². The first-order valence-corrected chi connectivity index (χ1v) is 22.1. The average Bonchev–Trinajstić information content (AvgIpc) is 3.45. The standard InChI is InChI=1S/C48H37IN2S.C2H6/c1-32-20-22-35(23-21-32)51(45-19-11-13-33-12-7-8-16-39(33)45)37-26-29-42-43(30-37)48(2,3)44-31-46(40-17-9-10-18-41(40)47(42)44)50(34-14-5-4-6-15-34)36-24-27-38(52-49)28-25-36;1-2/h4-31H,1-3H3;1-2H3. The van der Waals surface area contributed by atoms with Gasteiger partial charge < -0.3 is 9.80 Å². The number of aryl methyl sites for hydroxylation is 1. The summed E-state index contributed by atoms with van der Waals surface area (Å²) in [7, 11) is 1.74. The smallest absolute Gasteiger partial charge is 0.0543 e. The summed E-state index contributed by atoms with van der Waals surface area (Å²) in [6.45, 7) is 10.9. The number of anilines is 6. The molecule has 1 aliphatic rings. The molecular formula is C50H43IN2S. The van der Waals surface area contributed by atoms with Crippen molar-refractivity contribution < 1.29 is 0 Å². The van der Waals surface area contributed by atoms with Gasteiger partial charge in [-0.15, -0.1) is 0 Å². The highest BCUT2D eigenvalue weighted by molar-refractivity contribution is 14.2. The van der Waals surface area contributed by atoms with E-state index in [0.29, 0.717) is 0 Å². The van der Waals surface area contributed by atoms with Crippen LogP contribution >= 0.6 is 30.1 Å². The first-order chi connectivity index (χ1) is 26.4. The number of hydrogen-bond donors (Lipinski definition) is 0. The number of rotatable bonds is 7. The summed E-state index contributed by atoms with van der Waals surface area (Å²) in [4.78, 5) is 6.10. The molecule has 8 aromatic carbocycles. The van der Waals surface area contributed by atoms with E-state index in [2.05, 4.69) is 222 Å². The molecule has 1 aliphatic carbocycles. The first-order valence-electron chi connectivity index (χ1n) is 18.7. The van der Waals surface area contributed by atoms with Crippen molar-refractivity contribution in [1.29, 1.82) is 0 Å². The van der Waals surface area contributed by atoms with Crippen molar-refractivity contribution in [2.45, 2.75) is 44.9 Å². The van der Waals surface area contributed by atoms with E-state index in [1.54, 1.807) is 8.93 Å². The minimum atomic E-state index is -0.249. The molecule has 0 aliphatic heterocycles. The highest BCUT2D eigenvalue weighted by Gasteiger charge is 2.38. The lowest BCUT2D eigenvalue weighted by Crippen LogP contribution is -2.18. The van der Waals surface area contributed by atoms with E-state index in [4.69, 9.17) is 0 Å². The number of fused-ring (bicyclic) bond motifs is 6. The molecule has 0 saturated heterocycles. The summed E-state index contributed by atoms with van der Waals surface area (Å²) >= 11 is 2.36. The Morgan fingerprint density at radius 3 is 1.74 bits per heavy atom. The Kier molecular flexibility index (Phi) is 9.99. The molecule has 9 rings (SSSR count). The number of nitrogens with zero attached hydrogens (tertiary/aromatic N) is 2. The van der Waals surface area contributed by atoms with Crippen molar-refractivity contribution in [3.63, 3.8) is 0 Å². The Bertz CT molecular complexity index is 2590. The van der Waals surface area contributed by atoms with Crippen LogP contribution in [0.25, 0.3) is 32.7 Å². The van der Waals surface area contributed by atoms with Crippen molar-refractivity contribution >= 4 is 85.8 Å². The quantitative estimate of drug-likeness (QED) is 0.148. The molecule has 0 aromatic heterocycles. The number of halogens is 1. The summed E-state index contributed by atoms with van der Waals surface area (Å²) in [6.07, 6.45) is 0. The first kappa shape index (κ1) is 36.0. The lowest BCUT2D eigenvalue weighted by atomic mass is 9.81. The van der Waals surface area contributed by atoms with E-state index < -0.39 is 0 Å². The molecule has 8 aromatic rings. The van der Waals surface area contributed by atoms with Gasteiger partial charge >= 0.3 is 0 Å². The second-order valence-electron chi connectivity index (χ2n) is 14.1. The van der Waals surface area contributed by atoms with Gasteiger partial charge in [0.1, 0.15) is 0 Å². The molecule has 0 atom stereocenters. The van der Waals surface area contributed by atoms with Crippen LogP contribution in [0.5, 0.6) is 0 Å². The molecule has 266 valence electrons. The van der Waals surface area contributed by atoms with Gasteiger partial charge in [0.2, 0.25) is 0 Å². The van der Waals surface area contributed by atoms with Gasteiger partial charge in [0.15, 0.2) is 0 Å². The highest BCUT2D eigenvalue weighted by atomic mass is 127. The minimum absolute atomic E-state index is 0.249. The second kappa shape index (κ2) is 15.0. The molecule has 54 heavy (non-hydrogen) atoms. The van der Waals surface area contributed by atoms with Crippen LogP contribution in [0.15, 0.2) is 175 Å². The third-order valence-electron chi connectivity index (χ3n) is 10.6. The molecule has 0 unspecified atom stereocenters. The van der Waals surface area contributed by atoms with Crippen LogP contribution in [0.3, 0.4) is 0 Å². The normalized spacial score (nSPS) is 12.5. The lowest BCUT2D eigenvalue weighted by molar-refractivity contribution is 0.661. The van der Waals surface area contributed by atoms with E-state index in [0.717, 1.165) is 22.7 Å². The zero-order valence-electron chi connectivity index (χ0n) is 31.3. The van der Waals surface area contributed by atoms with E-state index in [-0.39, 0.29) is 5.41 Å². The highest BCUT2D eigenvalue weighted by Crippen LogP contribution is 2.56. The van der Waals surface area contributed by atoms with Gasteiger partial charge in [-0.1, -0.05) is 139 Å². The molecule has 0 spiro atoms. The van der Waals surface area contributed by atoms with Crippen molar-refractivity contribution in [2.24, 2.45) is 0 Å². The maximum atomic E-state index is 2.47. The average molecular weight is 831 g/mol. The SMILES string of the molecule is CC.Cc1ccc(N(c2ccc3c(c2)C(C)(C)c2cc(N(c4ccccc4)c4ccc(SI)cc4)c4ccccc4c2-3)c2cccc3ccccc23)cc1. The summed E-state index contributed by atoms with van der Waals surface area (Å²) < 4.78 is 0. The fraction of sp³-hybridized carbons (Fsp3) is 0.120. The lowest BCUT2D eigenvalue weighted by Gasteiger charge is -2.30. The monoisotopic (exact) mass is 830 g/mol. The molecule has 0 bridgehead atoms. The third kappa shape index (κ3) is 6.25. The molecule has 0 radical (unpaired) electrons. The zero-order valence-corrected chi connectivity index (χ0v) is 34.3. The van der Waals surface area contributed by atoms with Crippen molar-refractivity contribution in [1.82, 2.24) is 0 Å². The van der Waals surface area contributed by atoms with Crippen LogP contribution < -0.4 is 9.80 Å². The minimum Gasteiger partial charge on any atom is -0.310 e. The maximum Gasteiger partial charge on any atom is 0.0543 e. The predicted molar refractivity (Wildman–Crippen MR) is 244 cm³/mol. The van der Waals surface area contributed by atoms with E-state index >= 15 is 0 Å². The van der Waals surface area contributed by atoms with Crippen molar-refractivity contribution in [3.05, 3.63) is 187 Å². The van der Waals surface area contributed by atoms with Crippen LogP contribution in [0, 0.1) is 6.92 Å². The molecule has 0 N–H and O–H groups in total. The van der Waals surface area contributed by atoms with Gasteiger partial charge in [-0.05, 0) is 113 Å². The van der Waals surface area contributed by atoms with Crippen LogP contribution in [0.4, 0.5) is 34.1 Å². The Labute approximate surface area is 336 Å². The predicted octanol–water partition coefficient (Wildman–Crippen LogP) is 16.0. The zero-order chi connectivity index (χ0) is 37.4. The fourth-order valence-corrected chi connectivity index (χ4v) is 9.17. The number of hydrogen-bond acceptors (Lipinski definition) is 3. The van der Waals surface area contributed by atoms with Crippen LogP contribution in [0.2, 0.25) is 0 Å².